The van der Waals surface area contributed by atoms with Gasteiger partial charge in [0.2, 0.25) is 0 Å². The molecule has 0 bridgehead atoms. The Bertz CT molecular complexity index is 223. The summed E-state index contributed by atoms with van der Waals surface area (Å²) in [6.07, 6.45) is 0.946. The molecule has 4 nitrogen and oxygen atoms in total. The molecule has 0 rings (SSSR count). The van der Waals surface area contributed by atoms with Gasteiger partial charge in [-0.2, -0.15) is 0 Å². The summed E-state index contributed by atoms with van der Waals surface area (Å²) >= 11 is 0. The molecule has 0 aliphatic rings. The average molecular weight is 185 g/mol. The van der Waals surface area contributed by atoms with Gasteiger partial charge < -0.3 is 14.8 Å². The normalized spacial score (nSPS) is 9.38. The summed E-state index contributed by atoms with van der Waals surface area (Å²) < 4.78 is 0. The topological polar surface area (TPSA) is 57.6 Å². The zero-order chi connectivity index (χ0) is 10.4. The summed E-state index contributed by atoms with van der Waals surface area (Å²) in [4.78, 5) is 22.5. The van der Waals surface area contributed by atoms with Gasteiger partial charge in [0, 0.05) is 19.2 Å². The third kappa shape index (κ3) is 5.90. The minimum Gasteiger partial charge on any atom is -0.480 e. The number of carbonyl (C=O) groups excluding carboxylic acids is 1. The molecule has 0 aliphatic carbocycles. The van der Waals surface area contributed by atoms with Crippen LogP contribution >= 0.6 is 0 Å². The SMILES string of the molecule is C=C(CCC(C)=O)N(C)CC(=O)O. The Labute approximate surface area is 77.8 Å². The van der Waals surface area contributed by atoms with E-state index in [9.17, 15) is 9.59 Å². The molecule has 0 aromatic rings. The quantitative estimate of drug-likeness (QED) is 0.667. The lowest BCUT2D eigenvalue weighted by molar-refractivity contribution is -0.137. The van der Waals surface area contributed by atoms with Gasteiger partial charge in [0.25, 0.3) is 0 Å². The number of likely N-dealkylation sites (N-methyl/N-ethyl adjacent to an activating group) is 1. The standard InChI is InChI=1S/C9H15NO3/c1-7(4-5-8(2)11)10(3)6-9(12)13/h1,4-6H2,2-3H3,(H,12,13). The fourth-order valence-electron chi connectivity index (χ4n) is 0.826. The highest BCUT2D eigenvalue weighted by Crippen LogP contribution is 2.06. The number of allylic oxidation sites excluding steroid dienone is 1. The number of nitrogens with zero attached hydrogens (tertiary/aromatic N) is 1. The first-order valence-corrected chi connectivity index (χ1v) is 4.03. The maximum Gasteiger partial charge on any atom is 0.323 e. The van der Waals surface area contributed by atoms with Crippen LogP contribution in [0.25, 0.3) is 0 Å². The van der Waals surface area contributed by atoms with Crippen molar-refractivity contribution in [3.63, 3.8) is 0 Å². The van der Waals surface area contributed by atoms with E-state index in [1.54, 1.807) is 7.05 Å². The van der Waals surface area contributed by atoms with Crippen LogP contribution in [-0.2, 0) is 9.59 Å². The van der Waals surface area contributed by atoms with E-state index in [1.807, 2.05) is 0 Å². The van der Waals surface area contributed by atoms with Gasteiger partial charge in [-0.3, -0.25) is 4.79 Å². The molecule has 0 heterocycles. The number of Topliss-reactive ketones (excluding diaryl/α,β-unsaturated/α-hetero) is 1. The van der Waals surface area contributed by atoms with Crippen molar-refractivity contribution < 1.29 is 14.7 Å². The first-order valence-electron chi connectivity index (χ1n) is 4.03. The lowest BCUT2D eigenvalue weighted by Crippen LogP contribution is -2.24. The second-order valence-electron chi connectivity index (χ2n) is 3.02. The summed E-state index contributed by atoms with van der Waals surface area (Å²) in [5.74, 6) is -0.809. The van der Waals surface area contributed by atoms with E-state index in [-0.39, 0.29) is 12.3 Å². The van der Waals surface area contributed by atoms with Crippen LogP contribution < -0.4 is 0 Å². The smallest absolute Gasteiger partial charge is 0.323 e. The zero-order valence-corrected chi connectivity index (χ0v) is 8.04. The zero-order valence-electron chi connectivity index (χ0n) is 8.04. The summed E-state index contributed by atoms with van der Waals surface area (Å²) in [5.41, 5.74) is 0.678. The second kappa shape index (κ2) is 5.35. The Kier molecular flexibility index (Phi) is 4.80. The van der Waals surface area contributed by atoms with E-state index in [4.69, 9.17) is 5.11 Å². The molecule has 0 aliphatic heterocycles. The van der Waals surface area contributed by atoms with Crippen molar-refractivity contribution in [3.8, 4) is 0 Å². The van der Waals surface area contributed by atoms with Crippen molar-refractivity contribution >= 4 is 11.8 Å². The van der Waals surface area contributed by atoms with E-state index in [0.29, 0.717) is 18.5 Å². The van der Waals surface area contributed by atoms with Crippen LogP contribution in [-0.4, -0.2) is 35.4 Å². The van der Waals surface area contributed by atoms with Crippen molar-refractivity contribution in [2.75, 3.05) is 13.6 Å². The van der Waals surface area contributed by atoms with E-state index < -0.39 is 5.97 Å². The third-order valence-corrected chi connectivity index (χ3v) is 1.68. The number of ketones is 1. The fourth-order valence-corrected chi connectivity index (χ4v) is 0.826. The molecule has 4 heteroatoms. The number of hydrogen-bond donors (Lipinski definition) is 1. The van der Waals surface area contributed by atoms with E-state index in [1.165, 1.54) is 11.8 Å². The van der Waals surface area contributed by atoms with Crippen molar-refractivity contribution in [1.82, 2.24) is 4.90 Å². The molecule has 0 saturated carbocycles. The molecule has 0 unspecified atom stereocenters. The molecule has 74 valence electrons. The molecule has 0 spiro atoms. The maximum absolute atomic E-state index is 10.6. The Morgan fingerprint density at radius 1 is 1.38 bits per heavy atom. The van der Waals surface area contributed by atoms with Gasteiger partial charge in [0.15, 0.2) is 0 Å². The van der Waals surface area contributed by atoms with E-state index in [0.717, 1.165) is 0 Å². The van der Waals surface area contributed by atoms with E-state index in [2.05, 4.69) is 6.58 Å². The van der Waals surface area contributed by atoms with Gasteiger partial charge in [0.1, 0.15) is 12.3 Å². The highest BCUT2D eigenvalue weighted by molar-refractivity contribution is 5.75. The minimum atomic E-state index is -0.897. The van der Waals surface area contributed by atoms with Crippen molar-refractivity contribution in [2.45, 2.75) is 19.8 Å². The third-order valence-electron chi connectivity index (χ3n) is 1.68. The van der Waals surface area contributed by atoms with Crippen LogP contribution in [0, 0.1) is 0 Å². The maximum atomic E-state index is 10.6. The summed E-state index contributed by atoms with van der Waals surface area (Å²) in [5, 5.41) is 8.46. The molecule has 0 aromatic carbocycles. The monoisotopic (exact) mass is 185 g/mol. The second-order valence-corrected chi connectivity index (χ2v) is 3.02. The highest BCUT2D eigenvalue weighted by Gasteiger charge is 2.06. The Balaban J connectivity index is 3.82. The summed E-state index contributed by atoms with van der Waals surface area (Å²) in [7, 11) is 1.65. The van der Waals surface area contributed by atoms with Crippen LogP contribution in [0.4, 0.5) is 0 Å². The average Bonchev–Trinajstić information content (AvgIpc) is 1.98. The molecule has 0 atom stereocenters. The van der Waals surface area contributed by atoms with Gasteiger partial charge in [-0.25, -0.2) is 0 Å². The number of hydrogen-bond acceptors (Lipinski definition) is 3. The largest absolute Gasteiger partial charge is 0.480 e. The Morgan fingerprint density at radius 3 is 2.31 bits per heavy atom. The highest BCUT2D eigenvalue weighted by atomic mass is 16.4. The minimum absolute atomic E-state index is 0.0727. The van der Waals surface area contributed by atoms with Crippen molar-refractivity contribution in [1.29, 1.82) is 0 Å². The molecule has 0 saturated heterocycles. The lowest BCUT2D eigenvalue weighted by Gasteiger charge is -2.18. The van der Waals surface area contributed by atoms with E-state index >= 15 is 0 Å². The first-order chi connectivity index (χ1) is 5.93. The lowest BCUT2D eigenvalue weighted by atomic mass is 10.2. The van der Waals surface area contributed by atoms with Crippen molar-refractivity contribution in [3.05, 3.63) is 12.3 Å². The number of carboxylic acid groups (broad SMARTS) is 1. The molecule has 0 amide bonds. The predicted molar refractivity (Wildman–Crippen MR) is 49.3 cm³/mol. The van der Waals surface area contributed by atoms with Gasteiger partial charge in [-0.15, -0.1) is 0 Å². The van der Waals surface area contributed by atoms with Gasteiger partial charge in [-0.1, -0.05) is 6.58 Å². The van der Waals surface area contributed by atoms with Crippen molar-refractivity contribution in [2.24, 2.45) is 0 Å². The molecule has 0 aromatic heterocycles. The molecular formula is C9H15NO3. The Hall–Kier alpha value is -1.32. The number of aliphatic carboxylic acids is 1. The molecule has 13 heavy (non-hydrogen) atoms. The van der Waals surface area contributed by atoms with Gasteiger partial charge >= 0.3 is 5.97 Å². The van der Waals surface area contributed by atoms with Crippen LogP contribution in [0.3, 0.4) is 0 Å². The van der Waals surface area contributed by atoms with Crippen LogP contribution in [0.2, 0.25) is 0 Å². The predicted octanol–water partition coefficient (Wildman–Crippen LogP) is 0.886. The number of carbonyl (C=O) groups is 2. The van der Waals surface area contributed by atoms with Crippen LogP contribution in [0.15, 0.2) is 12.3 Å². The molecule has 0 fully saturated rings. The number of rotatable bonds is 6. The molecule has 1 N–H and O–H groups in total. The molecule has 0 radical (unpaired) electrons. The van der Waals surface area contributed by atoms with Gasteiger partial charge in [-0.05, 0) is 13.3 Å². The van der Waals surface area contributed by atoms with Crippen LogP contribution in [0.1, 0.15) is 19.8 Å². The summed E-state index contributed by atoms with van der Waals surface area (Å²) in [6.45, 7) is 5.12. The first kappa shape index (κ1) is 11.7. The fraction of sp³-hybridized carbons (Fsp3) is 0.556. The Morgan fingerprint density at radius 2 is 1.92 bits per heavy atom. The van der Waals surface area contributed by atoms with Crippen LogP contribution in [0.5, 0.6) is 0 Å². The summed E-state index contributed by atoms with van der Waals surface area (Å²) in [6, 6.07) is 0. The molecular weight excluding hydrogens is 170 g/mol. The number of carboxylic acids is 1. The van der Waals surface area contributed by atoms with Gasteiger partial charge in [0.05, 0.1) is 0 Å².